The minimum absolute atomic E-state index is 0.203. The van der Waals surface area contributed by atoms with E-state index in [1.54, 1.807) is 0 Å². The van der Waals surface area contributed by atoms with Gasteiger partial charge in [-0.2, -0.15) is 8.42 Å². The Morgan fingerprint density at radius 3 is 2.14 bits per heavy atom. The van der Waals surface area contributed by atoms with Crippen LogP contribution >= 0.6 is 0 Å². The zero-order chi connectivity index (χ0) is 17.1. The molecule has 0 radical (unpaired) electrons. The highest BCUT2D eigenvalue weighted by Gasteiger charge is 2.25. The first-order valence-electron chi connectivity index (χ1n) is 7.88. The number of rotatable bonds is 13. The van der Waals surface area contributed by atoms with Gasteiger partial charge in [0.2, 0.25) is 0 Å². The van der Waals surface area contributed by atoms with Gasteiger partial charge in [0.1, 0.15) is 0 Å². The Balaban J connectivity index is 4.55. The fraction of sp³-hybridized carbons (Fsp3) is 0.800. The van der Waals surface area contributed by atoms with Crippen molar-refractivity contribution in [2.75, 3.05) is 38.5 Å². The number of carbonyl (C=O) groups excluding carboxylic acids is 1. The topological polar surface area (TPSA) is 80.7 Å². The molecule has 0 aromatic heterocycles. The van der Waals surface area contributed by atoms with Gasteiger partial charge in [-0.1, -0.05) is 20.4 Å². The quantitative estimate of drug-likeness (QED) is 0.183. The van der Waals surface area contributed by atoms with Crippen LogP contribution < -0.4 is 0 Å². The summed E-state index contributed by atoms with van der Waals surface area (Å²) < 4.78 is 36.4. The summed E-state index contributed by atoms with van der Waals surface area (Å²) in [6.45, 7) is 11.3. The van der Waals surface area contributed by atoms with Gasteiger partial charge in [-0.3, -0.25) is 4.55 Å². The van der Waals surface area contributed by atoms with Crippen molar-refractivity contribution < 1.29 is 27.0 Å². The Bertz CT molecular complexity index is 427. The third-order valence-corrected chi connectivity index (χ3v) is 4.42. The van der Waals surface area contributed by atoms with Gasteiger partial charge in [0.25, 0.3) is 10.1 Å². The summed E-state index contributed by atoms with van der Waals surface area (Å²) in [7, 11) is -3.91. The molecule has 0 aliphatic rings. The first-order chi connectivity index (χ1) is 10.3. The normalized spacial score (nSPS) is 12.1. The average Bonchev–Trinajstić information content (AvgIpc) is 2.42. The molecule has 0 aliphatic heterocycles. The number of quaternary nitrogens is 1. The highest BCUT2D eigenvalue weighted by molar-refractivity contribution is 7.85. The van der Waals surface area contributed by atoms with Crippen molar-refractivity contribution in [3.63, 3.8) is 0 Å². The van der Waals surface area contributed by atoms with Crippen LogP contribution in [0.2, 0.25) is 0 Å². The SMILES string of the molecule is C=CC(=O)OCCC[N+](CCC)(CCC)CCCS(=O)(=O)O. The first kappa shape index (κ1) is 21.1. The lowest BCUT2D eigenvalue weighted by molar-refractivity contribution is -0.928. The molecule has 0 spiro atoms. The van der Waals surface area contributed by atoms with E-state index in [0.717, 1.165) is 49.5 Å². The molecule has 0 fully saturated rings. The van der Waals surface area contributed by atoms with Gasteiger partial charge in [-0.15, -0.1) is 0 Å². The van der Waals surface area contributed by atoms with Crippen LogP contribution in [0.3, 0.4) is 0 Å². The summed E-state index contributed by atoms with van der Waals surface area (Å²) in [5.41, 5.74) is 0. The molecule has 7 heteroatoms. The smallest absolute Gasteiger partial charge is 0.330 e. The molecule has 0 bridgehead atoms. The average molecular weight is 336 g/mol. The van der Waals surface area contributed by atoms with Crippen molar-refractivity contribution in [2.45, 2.75) is 39.5 Å². The van der Waals surface area contributed by atoms with E-state index in [-0.39, 0.29) is 5.75 Å². The van der Waals surface area contributed by atoms with Crippen molar-refractivity contribution in [2.24, 2.45) is 0 Å². The van der Waals surface area contributed by atoms with Gasteiger partial charge < -0.3 is 9.22 Å². The van der Waals surface area contributed by atoms with Crippen molar-refractivity contribution in [3.8, 4) is 0 Å². The summed E-state index contributed by atoms with van der Waals surface area (Å²) in [5.74, 6) is -0.623. The molecular formula is C15H30NO5S+. The number of esters is 1. The molecule has 130 valence electrons. The van der Waals surface area contributed by atoms with E-state index in [0.29, 0.717) is 19.6 Å². The van der Waals surface area contributed by atoms with Crippen LogP contribution in [-0.2, 0) is 19.6 Å². The molecule has 1 N–H and O–H groups in total. The molecule has 0 heterocycles. The van der Waals surface area contributed by atoms with Gasteiger partial charge in [0.15, 0.2) is 0 Å². The Hall–Kier alpha value is -0.920. The summed E-state index contributed by atoms with van der Waals surface area (Å²) in [6, 6.07) is 0. The summed E-state index contributed by atoms with van der Waals surface area (Å²) in [6.07, 6.45) is 4.31. The van der Waals surface area contributed by atoms with Crippen molar-refractivity contribution in [1.82, 2.24) is 0 Å². The van der Waals surface area contributed by atoms with Crippen LogP contribution in [0.4, 0.5) is 0 Å². The zero-order valence-electron chi connectivity index (χ0n) is 13.8. The minimum Gasteiger partial charge on any atom is -0.462 e. The predicted octanol–water partition coefficient (Wildman–Crippen LogP) is 2.02. The second-order valence-corrected chi connectivity index (χ2v) is 7.17. The van der Waals surface area contributed by atoms with Gasteiger partial charge in [0, 0.05) is 18.9 Å². The Kier molecular flexibility index (Phi) is 10.3. The largest absolute Gasteiger partial charge is 0.462 e. The number of hydrogen-bond donors (Lipinski definition) is 1. The summed E-state index contributed by atoms with van der Waals surface area (Å²) in [5, 5.41) is 0. The van der Waals surface area contributed by atoms with Gasteiger partial charge in [0.05, 0.1) is 38.5 Å². The van der Waals surface area contributed by atoms with Crippen LogP contribution in [0.15, 0.2) is 12.7 Å². The lowest BCUT2D eigenvalue weighted by atomic mass is 10.2. The molecule has 6 nitrogen and oxygen atoms in total. The third-order valence-electron chi connectivity index (χ3n) is 3.62. The van der Waals surface area contributed by atoms with Crippen LogP contribution in [0.5, 0.6) is 0 Å². The molecule has 0 atom stereocenters. The van der Waals surface area contributed by atoms with E-state index in [4.69, 9.17) is 9.29 Å². The molecule has 0 aliphatic carbocycles. The molecule has 0 saturated carbocycles. The number of hydrogen-bond acceptors (Lipinski definition) is 4. The lowest BCUT2D eigenvalue weighted by Gasteiger charge is -2.38. The van der Waals surface area contributed by atoms with Crippen LogP contribution in [0.1, 0.15) is 39.5 Å². The lowest BCUT2D eigenvalue weighted by Crippen LogP contribution is -2.51. The van der Waals surface area contributed by atoms with Crippen molar-refractivity contribution >= 4 is 16.1 Å². The third kappa shape index (κ3) is 9.92. The Morgan fingerprint density at radius 2 is 1.68 bits per heavy atom. The molecule has 0 aromatic carbocycles. The van der Waals surface area contributed by atoms with E-state index in [9.17, 15) is 13.2 Å². The first-order valence-corrected chi connectivity index (χ1v) is 9.49. The Morgan fingerprint density at radius 1 is 1.14 bits per heavy atom. The molecular weight excluding hydrogens is 306 g/mol. The minimum atomic E-state index is -3.91. The number of carbonyl (C=O) groups is 1. The number of nitrogens with zero attached hydrogens (tertiary/aromatic N) is 1. The van der Waals surface area contributed by atoms with Gasteiger partial charge in [-0.05, 0) is 12.8 Å². The highest BCUT2D eigenvalue weighted by atomic mass is 32.2. The number of ether oxygens (including phenoxy) is 1. The molecule has 0 rings (SSSR count). The molecule has 0 saturated heterocycles. The molecule has 0 unspecified atom stereocenters. The van der Waals surface area contributed by atoms with Crippen LogP contribution in [0.25, 0.3) is 0 Å². The van der Waals surface area contributed by atoms with Crippen molar-refractivity contribution in [1.29, 1.82) is 0 Å². The molecule has 0 amide bonds. The maximum atomic E-state index is 11.0. The maximum Gasteiger partial charge on any atom is 0.330 e. The standard InChI is InChI=1S/C15H29NO5S/c1-4-9-16(10-5-2,12-8-14-22(18,19)20)11-7-13-21-15(17)6-3/h6H,3-5,7-14H2,1-2H3/p+1. The van der Waals surface area contributed by atoms with E-state index < -0.39 is 16.1 Å². The fourth-order valence-electron chi connectivity index (χ4n) is 2.83. The summed E-state index contributed by atoms with van der Waals surface area (Å²) in [4.78, 5) is 11.0. The van der Waals surface area contributed by atoms with Gasteiger partial charge >= 0.3 is 5.97 Å². The van der Waals surface area contributed by atoms with Crippen LogP contribution in [0, 0.1) is 0 Å². The predicted molar refractivity (Wildman–Crippen MR) is 87.1 cm³/mol. The molecule has 0 aromatic rings. The second kappa shape index (κ2) is 10.7. The van der Waals surface area contributed by atoms with Gasteiger partial charge in [-0.25, -0.2) is 4.79 Å². The van der Waals surface area contributed by atoms with E-state index in [1.165, 1.54) is 0 Å². The maximum absolute atomic E-state index is 11.0. The molecule has 22 heavy (non-hydrogen) atoms. The van der Waals surface area contributed by atoms with Crippen LogP contribution in [-0.4, -0.2) is 62.0 Å². The Labute approximate surface area is 134 Å². The summed E-state index contributed by atoms with van der Waals surface area (Å²) >= 11 is 0. The van der Waals surface area contributed by atoms with Crippen molar-refractivity contribution in [3.05, 3.63) is 12.7 Å². The zero-order valence-corrected chi connectivity index (χ0v) is 14.6. The fourth-order valence-corrected chi connectivity index (χ4v) is 3.33. The highest BCUT2D eigenvalue weighted by Crippen LogP contribution is 2.14. The second-order valence-electron chi connectivity index (χ2n) is 5.60. The van der Waals surface area contributed by atoms with E-state index >= 15 is 0 Å². The monoisotopic (exact) mass is 336 g/mol. The van der Waals surface area contributed by atoms with E-state index in [2.05, 4.69) is 20.4 Å². The van der Waals surface area contributed by atoms with E-state index in [1.807, 2.05) is 0 Å².